The number of nitrogens with one attached hydrogen (secondary N) is 1. The third-order valence-electron chi connectivity index (χ3n) is 4.60. The maximum absolute atomic E-state index is 12.5. The van der Waals surface area contributed by atoms with Crippen molar-refractivity contribution >= 4 is 21.6 Å². The average Bonchev–Trinajstić information content (AvgIpc) is 3.17. The van der Waals surface area contributed by atoms with Gasteiger partial charge in [-0.1, -0.05) is 20.8 Å². The molecule has 1 atom stereocenters. The van der Waals surface area contributed by atoms with E-state index in [1.807, 2.05) is 45.0 Å². The minimum atomic E-state index is -3.07. The number of sulfone groups is 1. The summed E-state index contributed by atoms with van der Waals surface area (Å²) in [6.07, 6.45) is 0.491. The van der Waals surface area contributed by atoms with Gasteiger partial charge in [-0.25, -0.2) is 13.1 Å². The molecule has 1 amide bonds. The molecule has 1 aliphatic rings. The summed E-state index contributed by atoms with van der Waals surface area (Å²) in [5.41, 5.74) is 0.963. The summed E-state index contributed by atoms with van der Waals surface area (Å²) < 4.78 is 30.6. The van der Waals surface area contributed by atoms with Crippen molar-refractivity contribution in [2.75, 3.05) is 23.9 Å². The summed E-state index contributed by atoms with van der Waals surface area (Å²) in [5, 5.41) is 7.52. The van der Waals surface area contributed by atoms with Crippen LogP contribution in [0.3, 0.4) is 0 Å². The third kappa shape index (κ3) is 4.32. The molecule has 0 bridgehead atoms. The Hall–Kier alpha value is -2.35. The number of carbonyl (C=O) groups is 1. The highest BCUT2D eigenvalue weighted by atomic mass is 32.2. The van der Waals surface area contributed by atoms with Crippen LogP contribution in [0.5, 0.6) is 5.75 Å². The molecule has 1 saturated heterocycles. The molecule has 0 radical (unpaired) electrons. The van der Waals surface area contributed by atoms with Crippen molar-refractivity contribution in [1.82, 2.24) is 9.78 Å². The summed E-state index contributed by atoms with van der Waals surface area (Å²) in [6, 6.07) is 8.94. The molecule has 1 aliphatic heterocycles. The van der Waals surface area contributed by atoms with E-state index in [1.54, 1.807) is 17.9 Å². The lowest BCUT2D eigenvalue weighted by Gasteiger charge is -2.19. The third-order valence-corrected chi connectivity index (χ3v) is 6.35. The monoisotopic (exact) mass is 391 g/mol. The smallest absolute Gasteiger partial charge is 0.230 e. The van der Waals surface area contributed by atoms with Crippen LogP contribution in [0, 0.1) is 5.41 Å². The highest BCUT2D eigenvalue weighted by molar-refractivity contribution is 7.91. The molecule has 2 heterocycles. The lowest BCUT2D eigenvalue weighted by atomic mass is 9.96. The number of anilines is 1. The SMILES string of the molecule is COc1ccc(-c2cc(NC(=O)C(C)(C)C)n([C@H]3CCS(=O)(=O)C3)n2)cc1. The Kier molecular flexibility index (Phi) is 5.03. The van der Waals surface area contributed by atoms with Crippen molar-refractivity contribution in [3.63, 3.8) is 0 Å². The van der Waals surface area contributed by atoms with Crippen LogP contribution < -0.4 is 10.1 Å². The van der Waals surface area contributed by atoms with Crippen LogP contribution in [0.1, 0.15) is 33.2 Å². The summed E-state index contributed by atoms with van der Waals surface area (Å²) in [5.74, 6) is 1.28. The van der Waals surface area contributed by atoms with E-state index < -0.39 is 15.3 Å². The number of nitrogens with zero attached hydrogens (tertiary/aromatic N) is 2. The molecule has 0 aliphatic carbocycles. The molecule has 0 spiro atoms. The highest BCUT2D eigenvalue weighted by Crippen LogP contribution is 2.31. The fraction of sp³-hybridized carbons (Fsp3) is 0.474. The van der Waals surface area contributed by atoms with E-state index in [2.05, 4.69) is 10.4 Å². The van der Waals surface area contributed by atoms with Crippen LogP contribution in [-0.2, 0) is 14.6 Å². The molecule has 7 nitrogen and oxygen atoms in total. The Morgan fingerprint density at radius 2 is 1.93 bits per heavy atom. The standard InChI is InChI=1S/C19H25N3O4S/c1-19(2,3)18(23)20-17-11-16(13-5-7-15(26-4)8-6-13)21-22(17)14-9-10-27(24,25)12-14/h5-8,11,14H,9-10,12H2,1-4H3,(H,20,23)/t14-/m0/s1. The predicted molar refractivity (Wildman–Crippen MR) is 105 cm³/mol. The van der Waals surface area contributed by atoms with Gasteiger partial charge in [-0.15, -0.1) is 0 Å². The number of carbonyl (C=O) groups excluding carboxylic acids is 1. The molecular weight excluding hydrogens is 366 g/mol. The van der Waals surface area contributed by atoms with Crippen molar-refractivity contribution in [2.24, 2.45) is 5.41 Å². The second-order valence-electron chi connectivity index (χ2n) is 7.85. The minimum absolute atomic E-state index is 0.0368. The first-order chi connectivity index (χ1) is 12.6. The van der Waals surface area contributed by atoms with Crippen molar-refractivity contribution < 1.29 is 17.9 Å². The number of hydrogen-bond donors (Lipinski definition) is 1. The van der Waals surface area contributed by atoms with Crippen LogP contribution in [0.15, 0.2) is 30.3 Å². The molecule has 2 aromatic rings. The Morgan fingerprint density at radius 1 is 1.26 bits per heavy atom. The van der Waals surface area contributed by atoms with Gasteiger partial charge in [0.2, 0.25) is 5.91 Å². The molecule has 146 valence electrons. The van der Waals surface area contributed by atoms with Gasteiger partial charge in [0.15, 0.2) is 9.84 Å². The first kappa shape index (κ1) is 19.4. The first-order valence-corrected chi connectivity index (χ1v) is 10.7. The van der Waals surface area contributed by atoms with E-state index in [0.717, 1.165) is 11.3 Å². The predicted octanol–water partition coefficient (Wildman–Crippen LogP) is 2.90. The molecule has 1 aromatic carbocycles. The van der Waals surface area contributed by atoms with Crippen LogP contribution in [0.4, 0.5) is 5.82 Å². The van der Waals surface area contributed by atoms with Gasteiger partial charge in [0.25, 0.3) is 0 Å². The number of ether oxygens (including phenoxy) is 1. The van der Waals surface area contributed by atoms with Gasteiger partial charge in [0, 0.05) is 17.0 Å². The molecule has 0 saturated carbocycles. The van der Waals surface area contributed by atoms with Crippen LogP contribution in [0.2, 0.25) is 0 Å². The lowest BCUT2D eigenvalue weighted by Crippen LogP contribution is -2.29. The molecule has 3 rings (SSSR count). The second-order valence-corrected chi connectivity index (χ2v) is 10.1. The van der Waals surface area contributed by atoms with Gasteiger partial charge in [-0.3, -0.25) is 4.79 Å². The number of amides is 1. The lowest BCUT2D eigenvalue weighted by molar-refractivity contribution is -0.123. The zero-order valence-corrected chi connectivity index (χ0v) is 16.8. The van der Waals surface area contributed by atoms with Gasteiger partial charge in [0.1, 0.15) is 11.6 Å². The zero-order chi connectivity index (χ0) is 19.8. The Bertz CT molecular complexity index is 940. The molecule has 27 heavy (non-hydrogen) atoms. The summed E-state index contributed by atoms with van der Waals surface area (Å²) in [6.45, 7) is 5.48. The maximum atomic E-state index is 12.5. The summed E-state index contributed by atoms with van der Waals surface area (Å²) >= 11 is 0. The topological polar surface area (TPSA) is 90.3 Å². The van der Waals surface area contributed by atoms with Gasteiger partial charge >= 0.3 is 0 Å². The van der Waals surface area contributed by atoms with Crippen molar-refractivity contribution in [3.8, 4) is 17.0 Å². The number of rotatable bonds is 4. The normalized spacial score (nSPS) is 19.0. The molecule has 1 aromatic heterocycles. The summed E-state index contributed by atoms with van der Waals surface area (Å²) in [4.78, 5) is 12.5. The van der Waals surface area contributed by atoms with Crippen molar-refractivity contribution in [3.05, 3.63) is 30.3 Å². The van der Waals surface area contributed by atoms with Crippen LogP contribution >= 0.6 is 0 Å². The van der Waals surface area contributed by atoms with E-state index in [1.165, 1.54) is 0 Å². The van der Waals surface area contributed by atoms with Gasteiger partial charge in [0.05, 0.1) is 30.4 Å². The summed E-state index contributed by atoms with van der Waals surface area (Å²) in [7, 11) is -1.47. The van der Waals surface area contributed by atoms with Gasteiger partial charge in [-0.2, -0.15) is 5.10 Å². The molecular formula is C19H25N3O4S. The van der Waals surface area contributed by atoms with E-state index in [-0.39, 0.29) is 23.5 Å². The van der Waals surface area contributed by atoms with Gasteiger partial charge in [-0.05, 0) is 30.7 Å². The quantitative estimate of drug-likeness (QED) is 0.865. The maximum Gasteiger partial charge on any atom is 0.230 e. The highest BCUT2D eigenvalue weighted by Gasteiger charge is 2.32. The van der Waals surface area contributed by atoms with E-state index in [9.17, 15) is 13.2 Å². The fourth-order valence-corrected chi connectivity index (χ4v) is 4.63. The average molecular weight is 391 g/mol. The van der Waals surface area contributed by atoms with Crippen LogP contribution in [-0.4, -0.2) is 42.7 Å². The number of aromatic nitrogens is 2. The number of methoxy groups -OCH3 is 1. The molecule has 8 heteroatoms. The Balaban J connectivity index is 1.98. The fourth-order valence-electron chi connectivity index (χ4n) is 2.94. The number of hydrogen-bond acceptors (Lipinski definition) is 5. The van der Waals surface area contributed by atoms with E-state index in [4.69, 9.17) is 4.74 Å². The van der Waals surface area contributed by atoms with Crippen LogP contribution in [0.25, 0.3) is 11.3 Å². The minimum Gasteiger partial charge on any atom is -0.497 e. The molecule has 1 N–H and O–H groups in total. The number of benzene rings is 1. The molecule has 1 fully saturated rings. The molecule has 0 unspecified atom stereocenters. The van der Waals surface area contributed by atoms with Crippen molar-refractivity contribution in [2.45, 2.75) is 33.2 Å². The van der Waals surface area contributed by atoms with E-state index in [0.29, 0.717) is 17.9 Å². The second kappa shape index (κ2) is 6.99. The zero-order valence-electron chi connectivity index (χ0n) is 16.0. The largest absolute Gasteiger partial charge is 0.497 e. The Morgan fingerprint density at radius 3 is 2.44 bits per heavy atom. The van der Waals surface area contributed by atoms with E-state index >= 15 is 0 Å². The Labute approximate surface area is 159 Å². The first-order valence-electron chi connectivity index (χ1n) is 8.85. The van der Waals surface area contributed by atoms with Crippen molar-refractivity contribution in [1.29, 1.82) is 0 Å². The van der Waals surface area contributed by atoms with Gasteiger partial charge < -0.3 is 10.1 Å².